The van der Waals surface area contributed by atoms with Gasteiger partial charge in [0.25, 0.3) is 5.91 Å². The third kappa shape index (κ3) is 3.62. The molecule has 0 aromatic heterocycles. The quantitative estimate of drug-likeness (QED) is 0.693. The van der Waals surface area contributed by atoms with Crippen LogP contribution in [-0.2, 0) is 4.79 Å². The summed E-state index contributed by atoms with van der Waals surface area (Å²) in [5.74, 6) is -1.17. The molecule has 20 heavy (non-hydrogen) atoms. The number of nitrogens with one attached hydrogen (secondary N) is 1. The van der Waals surface area contributed by atoms with Crippen LogP contribution in [0.5, 0.6) is 5.75 Å². The van der Waals surface area contributed by atoms with Crippen LogP contribution in [0.2, 0.25) is 0 Å². The molecule has 6 heteroatoms. The van der Waals surface area contributed by atoms with E-state index in [2.05, 4.69) is 5.32 Å². The number of carbonyl (C=O) groups is 2. The van der Waals surface area contributed by atoms with Gasteiger partial charge in [-0.2, -0.15) is 0 Å². The maximum Gasteiger partial charge on any atom is 0.306 e. The fourth-order valence-corrected chi connectivity index (χ4v) is 2.74. The Bertz CT molecular complexity index is 524. The highest BCUT2D eigenvalue weighted by Crippen LogP contribution is 2.25. The summed E-state index contributed by atoms with van der Waals surface area (Å²) in [6.07, 6.45) is 2.55. The van der Waals surface area contributed by atoms with Crippen molar-refractivity contribution in [2.75, 3.05) is 0 Å². The zero-order valence-electron chi connectivity index (χ0n) is 10.8. The summed E-state index contributed by atoms with van der Waals surface area (Å²) in [6.45, 7) is 0. The van der Waals surface area contributed by atoms with Crippen LogP contribution >= 0.6 is 22.6 Å². The van der Waals surface area contributed by atoms with Crippen molar-refractivity contribution in [1.29, 1.82) is 0 Å². The molecule has 0 bridgehead atoms. The number of amides is 1. The van der Waals surface area contributed by atoms with E-state index < -0.39 is 5.97 Å². The third-order valence-corrected chi connectivity index (χ3v) is 4.53. The first-order valence-corrected chi connectivity index (χ1v) is 7.57. The molecule has 1 saturated carbocycles. The number of carboxylic acids is 1. The maximum atomic E-state index is 12.1. The first kappa shape index (κ1) is 15.1. The van der Waals surface area contributed by atoms with Gasteiger partial charge in [-0.25, -0.2) is 0 Å². The summed E-state index contributed by atoms with van der Waals surface area (Å²) >= 11 is 1.99. The molecule has 0 atom stereocenters. The van der Waals surface area contributed by atoms with Gasteiger partial charge in [-0.05, 0) is 66.5 Å². The Labute approximate surface area is 130 Å². The molecule has 1 aliphatic carbocycles. The minimum Gasteiger partial charge on any atom is -0.507 e. The zero-order valence-corrected chi connectivity index (χ0v) is 13.0. The van der Waals surface area contributed by atoms with Crippen molar-refractivity contribution < 1.29 is 19.8 Å². The Hall–Kier alpha value is -1.31. The number of carbonyl (C=O) groups excluding carboxylic acids is 1. The molecule has 5 nitrogen and oxygen atoms in total. The first-order valence-electron chi connectivity index (χ1n) is 6.49. The Morgan fingerprint density at radius 2 is 1.85 bits per heavy atom. The van der Waals surface area contributed by atoms with Crippen LogP contribution in [0.3, 0.4) is 0 Å². The number of benzene rings is 1. The van der Waals surface area contributed by atoms with Crippen LogP contribution in [0.15, 0.2) is 18.2 Å². The number of rotatable bonds is 3. The molecule has 0 radical (unpaired) electrons. The van der Waals surface area contributed by atoms with Crippen molar-refractivity contribution in [1.82, 2.24) is 5.32 Å². The first-order chi connectivity index (χ1) is 9.47. The minimum atomic E-state index is -0.752. The fourth-order valence-electron chi connectivity index (χ4n) is 2.41. The van der Waals surface area contributed by atoms with E-state index in [-0.39, 0.29) is 23.6 Å². The topological polar surface area (TPSA) is 86.6 Å². The van der Waals surface area contributed by atoms with Crippen molar-refractivity contribution in [3.05, 3.63) is 27.3 Å². The largest absolute Gasteiger partial charge is 0.507 e. The number of aromatic hydroxyl groups is 1. The van der Waals surface area contributed by atoms with Gasteiger partial charge in [0.15, 0.2) is 0 Å². The highest BCUT2D eigenvalue weighted by atomic mass is 127. The Balaban J connectivity index is 1.92. The van der Waals surface area contributed by atoms with Crippen molar-refractivity contribution in [3.8, 4) is 5.75 Å². The van der Waals surface area contributed by atoms with Gasteiger partial charge in [0.1, 0.15) is 5.75 Å². The van der Waals surface area contributed by atoms with E-state index in [1.54, 1.807) is 12.1 Å². The number of hydrogen-bond donors (Lipinski definition) is 3. The normalized spacial score (nSPS) is 22.2. The summed E-state index contributed by atoms with van der Waals surface area (Å²) < 4.78 is 0.695. The van der Waals surface area contributed by atoms with Crippen molar-refractivity contribution >= 4 is 34.5 Å². The minimum absolute atomic E-state index is 0.0134. The van der Waals surface area contributed by atoms with Crippen LogP contribution in [-0.4, -0.2) is 28.1 Å². The van der Waals surface area contributed by atoms with Gasteiger partial charge in [0.2, 0.25) is 0 Å². The number of hydrogen-bond acceptors (Lipinski definition) is 3. The zero-order chi connectivity index (χ0) is 14.7. The average Bonchev–Trinajstić information content (AvgIpc) is 2.42. The highest BCUT2D eigenvalue weighted by molar-refractivity contribution is 14.1. The van der Waals surface area contributed by atoms with Crippen molar-refractivity contribution in [3.63, 3.8) is 0 Å². The molecule has 3 N–H and O–H groups in total. The molecular formula is C14H16INO4. The molecule has 2 rings (SSSR count). The van der Waals surface area contributed by atoms with Crippen LogP contribution in [0, 0.1) is 9.49 Å². The van der Waals surface area contributed by atoms with Gasteiger partial charge in [-0.3, -0.25) is 9.59 Å². The molecule has 1 amide bonds. The van der Waals surface area contributed by atoms with E-state index in [0.29, 0.717) is 34.8 Å². The lowest BCUT2D eigenvalue weighted by Crippen LogP contribution is -2.38. The average molecular weight is 389 g/mol. The molecule has 0 aliphatic heterocycles. The predicted molar refractivity (Wildman–Crippen MR) is 81.7 cm³/mol. The van der Waals surface area contributed by atoms with Gasteiger partial charge in [0.05, 0.1) is 9.49 Å². The third-order valence-electron chi connectivity index (χ3n) is 3.62. The van der Waals surface area contributed by atoms with Crippen LogP contribution < -0.4 is 5.32 Å². The van der Waals surface area contributed by atoms with E-state index >= 15 is 0 Å². The van der Waals surface area contributed by atoms with E-state index in [4.69, 9.17) is 5.11 Å². The maximum absolute atomic E-state index is 12.1. The van der Waals surface area contributed by atoms with Crippen molar-refractivity contribution in [2.24, 2.45) is 5.92 Å². The smallest absolute Gasteiger partial charge is 0.306 e. The van der Waals surface area contributed by atoms with E-state index in [9.17, 15) is 14.7 Å². The van der Waals surface area contributed by atoms with E-state index in [1.807, 2.05) is 22.6 Å². The lowest BCUT2D eigenvalue weighted by Gasteiger charge is -2.26. The SMILES string of the molecule is O=C(NC1CCC(C(=O)O)CC1)c1ccc(I)c(O)c1. The second-order valence-electron chi connectivity index (χ2n) is 5.03. The number of halogens is 1. The van der Waals surface area contributed by atoms with Crippen molar-refractivity contribution in [2.45, 2.75) is 31.7 Å². The fraction of sp³-hybridized carbons (Fsp3) is 0.429. The van der Waals surface area contributed by atoms with E-state index in [1.165, 1.54) is 6.07 Å². The Kier molecular flexibility index (Phi) is 4.85. The molecule has 108 valence electrons. The molecule has 1 aromatic rings. The summed E-state index contributed by atoms with van der Waals surface area (Å²) in [5.41, 5.74) is 0.420. The van der Waals surface area contributed by atoms with Gasteiger partial charge in [-0.1, -0.05) is 0 Å². The van der Waals surface area contributed by atoms with Gasteiger partial charge in [0, 0.05) is 11.6 Å². The molecule has 1 fully saturated rings. The molecule has 1 aliphatic rings. The van der Waals surface area contributed by atoms with Gasteiger partial charge >= 0.3 is 5.97 Å². The number of aliphatic carboxylic acids is 1. The van der Waals surface area contributed by atoms with E-state index in [0.717, 1.165) is 0 Å². The number of carboxylic acid groups (broad SMARTS) is 1. The summed E-state index contributed by atoms with van der Waals surface area (Å²) in [5, 5.41) is 21.4. The summed E-state index contributed by atoms with van der Waals surface area (Å²) in [6, 6.07) is 4.81. The van der Waals surface area contributed by atoms with Gasteiger partial charge in [-0.15, -0.1) is 0 Å². The van der Waals surface area contributed by atoms with Crippen LogP contribution in [0.1, 0.15) is 36.0 Å². The second-order valence-corrected chi connectivity index (χ2v) is 6.19. The molecule has 0 spiro atoms. The lowest BCUT2D eigenvalue weighted by molar-refractivity contribution is -0.142. The van der Waals surface area contributed by atoms with Crippen LogP contribution in [0.4, 0.5) is 0 Å². The monoisotopic (exact) mass is 389 g/mol. The second kappa shape index (κ2) is 6.43. The lowest BCUT2D eigenvalue weighted by atomic mass is 9.86. The Morgan fingerprint density at radius 1 is 1.20 bits per heavy atom. The van der Waals surface area contributed by atoms with Crippen LogP contribution in [0.25, 0.3) is 0 Å². The molecule has 0 saturated heterocycles. The Morgan fingerprint density at radius 3 is 2.40 bits per heavy atom. The molecular weight excluding hydrogens is 373 g/mol. The summed E-state index contributed by atoms with van der Waals surface area (Å²) in [4.78, 5) is 22.9. The number of phenolic OH excluding ortho intramolecular Hbond substituents is 1. The molecule has 0 unspecified atom stereocenters. The standard InChI is InChI=1S/C14H16INO4/c15-11-6-3-9(7-12(11)17)13(18)16-10-4-1-8(2-5-10)14(19)20/h3,6-8,10,17H,1-2,4-5H2,(H,16,18)(H,19,20). The summed E-state index contributed by atoms with van der Waals surface area (Å²) in [7, 11) is 0. The molecule has 0 heterocycles. The molecule has 1 aromatic carbocycles. The number of phenols is 1. The van der Waals surface area contributed by atoms with Gasteiger partial charge < -0.3 is 15.5 Å². The highest BCUT2D eigenvalue weighted by Gasteiger charge is 2.26. The predicted octanol–water partition coefficient (Wildman–Crippen LogP) is 2.37.